The average molecular weight is 271 g/mol. The van der Waals surface area contributed by atoms with Crippen molar-refractivity contribution in [1.82, 2.24) is 0 Å². The number of nitrogens with zero attached hydrogens (tertiary/aromatic N) is 2. The fourth-order valence-corrected chi connectivity index (χ4v) is 2.30. The second-order valence-corrected chi connectivity index (χ2v) is 4.67. The van der Waals surface area contributed by atoms with Gasteiger partial charge in [-0.1, -0.05) is 29.8 Å². The molecule has 0 unspecified atom stereocenters. The number of benzene rings is 2. The van der Waals surface area contributed by atoms with Gasteiger partial charge in [0.25, 0.3) is 5.91 Å². The predicted octanol–water partition coefficient (Wildman–Crippen LogP) is 3.44. The van der Waals surface area contributed by atoms with Crippen LogP contribution in [-0.2, 0) is 4.79 Å². The van der Waals surface area contributed by atoms with Crippen molar-refractivity contribution >= 4 is 35.1 Å². The molecule has 94 valence electrons. The highest BCUT2D eigenvalue weighted by Crippen LogP contribution is 2.31. The van der Waals surface area contributed by atoms with E-state index in [4.69, 9.17) is 11.6 Å². The van der Waals surface area contributed by atoms with Crippen molar-refractivity contribution in [3.8, 4) is 0 Å². The van der Waals surface area contributed by atoms with Crippen LogP contribution < -0.4 is 4.90 Å². The first kappa shape index (κ1) is 11.9. The number of hydrogen-bond donors (Lipinski definition) is 0. The number of rotatable bonds is 1. The maximum atomic E-state index is 12.2. The molecule has 1 aliphatic heterocycles. The predicted molar refractivity (Wildman–Crippen MR) is 77.5 cm³/mol. The Morgan fingerprint density at radius 3 is 2.68 bits per heavy atom. The van der Waals surface area contributed by atoms with Gasteiger partial charge in [0.1, 0.15) is 6.54 Å². The number of fused-ring (bicyclic) bond motifs is 1. The van der Waals surface area contributed by atoms with Crippen molar-refractivity contribution in [3.63, 3.8) is 0 Å². The highest BCUT2D eigenvalue weighted by Gasteiger charge is 2.21. The Balaban J connectivity index is 2.17. The van der Waals surface area contributed by atoms with Gasteiger partial charge >= 0.3 is 0 Å². The van der Waals surface area contributed by atoms with Gasteiger partial charge in [0.2, 0.25) is 0 Å². The lowest BCUT2D eigenvalue weighted by atomic mass is 10.1. The maximum absolute atomic E-state index is 12.2. The largest absolute Gasteiger partial charge is 0.283 e. The average Bonchev–Trinajstić information content (AvgIpc) is 2.58. The fraction of sp³-hybridized carbons (Fsp3) is 0.0667. The van der Waals surface area contributed by atoms with Crippen molar-refractivity contribution in [2.45, 2.75) is 0 Å². The van der Waals surface area contributed by atoms with Gasteiger partial charge in [0.05, 0.1) is 5.69 Å². The first-order chi connectivity index (χ1) is 9.25. The number of carbonyl (C=O) groups is 1. The molecule has 2 aromatic rings. The molecule has 3 rings (SSSR count). The van der Waals surface area contributed by atoms with Gasteiger partial charge in [-0.05, 0) is 30.3 Å². The summed E-state index contributed by atoms with van der Waals surface area (Å²) in [6, 6.07) is 15.0. The molecule has 0 saturated heterocycles. The zero-order valence-electron chi connectivity index (χ0n) is 10.1. The Morgan fingerprint density at radius 1 is 1.11 bits per heavy atom. The monoisotopic (exact) mass is 270 g/mol. The molecule has 0 fully saturated rings. The lowest BCUT2D eigenvalue weighted by Gasteiger charge is -2.22. The molecular weight excluding hydrogens is 260 g/mol. The van der Waals surface area contributed by atoms with Gasteiger partial charge in [-0.25, -0.2) is 0 Å². The minimum absolute atomic E-state index is 0.0523. The first-order valence-electron chi connectivity index (χ1n) is 5.93. The zero-order chi connectivity index (χ0) is 13.2. The van der Waals surface area contributed by atoms with E-state index in [-0.39, 0.29) is 12.5 Å². The van der Waals surface area contributed by atoms with Gasteiger partial charge < -0.3 is 0 Å². The molecule has 0 bridgehead atoms. The zero-order valence-corrected chi connectivity index (χ0v) is 10.8. The van der Waals surface area contributed by atoms with Crippen molar-refractivity contribution in [1.29, 1.82) is 0 Å². The third-order valence-electron chi connectivity index (χ3n) is 2.95. The van der Waals surface area contributed by atoms with Crippen LogP contribution in [0, 0.1) is 0 Å². The van der Waals surface area contributed by atoms with E-state index in [2.05, 4.69) is 4.99 Å². The molecule has 4 heteroatoms. The minimum atomic E-state index is -0.0523. The molecule has 0 aromatic heterocycles. The lowest BCUT2D eigenvalue weighted by Crippen LogP contribution is -2.27. The summed E-state index contributed by atoms with van der Waals surface area (Å²) < 4.78 is 0. The minimum Gasteiger partial charge on any atom is -0.283 e. The Bertz CT molecular complexity index is 652. The van der Waals surface area contributed by atoms with Crippen LogP contribution in [0.15, 0.2) is 53.5 Å². The van der Waals surface area contributed by atoms with Crippen molar-refractivity contribution in [3.05, 3.63) is 59.1 Å². The van der Waals surface area contributed by atoms with E-state index in [1.807, 2.05) is 42.5 Å². The van der Waals surface area contributed by atoms with Crippen molar-refractivity contribution in [2.24, 2.45) is 4.99 Å². The van der Waals surface area contributed by atoms with E-state index in [1.54, 1.807) is 17.2 Å². The van der Waals surface area contributed by atoms with E-state index < -0.39 is 0 Å². The van der Waals surface area contributed by atoms with E-state index in [0.29, 0.717) is 5.02 Å². The molecule has 0 radical (unpaired) electrons. The molecule has 2 aromatic carbocycles. The maximum Gasteiger partial charge on any atom is 0.253 e. The molecule has 0 N–H and O–H groups in total. The molecule has 1 amide bonds. The number of amides is 1. The number of aliphatic imine (C=N–C) groups is 1. The number of benzodiazepines with no additional fused rings is 1. The summed E-state index contributed by atoms with van der Waals surface area (Å²) in [7, 11) is 0. The van der Waals surface area contributed by atoms with Crippen LogP contribution in [0.4, 0.5) is 11.4 Å². The van der Waals surface area contributed by atoms with Gasteiger partial charge in [-0.15, -0.1) is 0 Å². The third-order valence-corrected chi connectivity index (χ3v) is 3.19. The number of anilines is 2. The van der Waals surface area contributed by atoms with Crippen LogP contribution in [-0.4, -0.2) is 18.7 Å². The Hall–Kier alpha value is -2.13. The van der Waals surface area contributed by atoms with Crippen molar-refractivity contribution in [2.75, 3.05) is 11.4 Å². The highest BCUT2D eigenvalue weighted by atomic mass is 35.5. The summed E-state index contributed by atoms with van der Waals surface area (Å²) in [5, 5.41) is 0.632. The summed E-state index contributed by atoms with van der Waals surface area (Å²) in [5.41, 5.74) is 2.49. The number of hydrogen-bond acceptors (Lipinski definition) is 2. The Morgan fingerprint density at radius 2 is 1.89 bits per heavy atom. The van der Waals surface area contributed by atoms with Crippen LogP contribution in [0.25, 0.3) is 0 Å². The molecular formula is C15H11ClN2O. The molecule has 1 aliphatic rings. The number of para-hydroxylation sites is 1. The molecule has 0 saturated carbocycles. The van der Waals surface area contributed by atoms with Crippen LogP contribution in [0.1, 0.15) is 5.56 Å². The van der Waals surface area contributed by atoms with E-state index in [9.17, 15) is 4.79 Å². The normalized spacial score (nSPS) is 14.2. The molecule has 19 heavy (non-hydrogen) atoms. The molecule has 0 aliphatic carbocycles. The second-order valence-electron chi connectivity index (χ2n) is 4.24. The quantitative estimate of drug-likeness (QED) is 0.781. The lowest BCUT2D eigenvalue weighted by molar-refractivity contribution is -0.116. The van der Waals surface area contributed by atoms with Crippen LogP contribution >= 0.6 is 11.6 Å². The molecule has 3 nitrogen and oxygen atoms in total. The highest BCUT2D eigenvalue weighted by molar-refractivity contribution is 6.31. The molecule has 0 spiro atoms. The van der Waals surface area contributed by atoms with Gasteiger partial charge in [-0.3, -0.25) is 14.7 Å². The topological polar surface area (TPSA) is 32.7 Å². The van der Waals surface area contributed by atoms with E-state index >= 15 is 0 Å². The standard InChI is InChI=1S/C15H11ClN2O/c16-12-6-7-14-11(8-12)9-17-10-15(19)18(14)13-4-2-1-3-5-13/h1-9H,10H2. The van der Waals surface area contributed by atoms with E-state index in [0.717, 1.165) is 16.9 Å². The summed E-state index contributed by atoms with van der Waals surface area (Å²) in [6.45, 7) is 0.140. The molecule has 0 atom stereocenters. The van der Waals surface area contributed by atoms with Crippen LogP contribution in [0.2, 0.25) is 5.02 Å². The summed E-state index contributed by atoms with van der Waals surface area (Å²) in [4.78, 5) is 18.1. The third kappa shape index (κ3) is 2.25. The first-order valence-corrected chi connectivity index (χ1v) is 6.31. The second kappa shape index (κ2) is 4.86. The van der Waals surface area contributed by atoms with Gasteiger partial charge in [-0.2, -0.15) is 0 Å². The SMILES string of the molecule is O=C1CN=Cc2cc(Cl)ccc2N1c1ccccc1. The Kier molecular flexibility index (Phi) is 3.05. The number of carbonyl (C=O) groups excluding carboxylic acids is 1. The molecule has 1 heterocycles. The Labute approximate surface area is 116 Å². The van der Waals surface area contributed by atoms with Gasteiger partial charge in [0.15, 0.2) is 0 Å². The van der Waals surface area contributed by atoms with Crippen molar-refractivity contribution < 1.29 is 4.79 Å². The van der Waals surface area contributed by atoms with Gasteiger partial charge in [0, 0.05) is 22.5 Å². The smallest absolute Gasteiger partial charge is 0.253 e. The van der Waals surface area contributed by atoms with Crippen LogP contribution in [0.3, 0.4) is 0 Å². The fourth-order valence-electron chi connectivity index (χ4n) is 2.12. The van der Waals surface area contributed by atoms with E-state index in [1.165, 1.54) is 0 Å². The number of halogens is 1. The summed E-state index contributed by atoms with van der Waals surface area (Å²) in [6.07, 6.45) is 1.70. The summed E-state index contributed by atoms with van der Waals surface area (Å²) in [5.74, 6) is -0.0523. The van der Waals surface area contributed by atoms with Crippen LogP contribution in [0.5, 0.6) is 0 Å². The summed E-state index contributed by atoms with van der Waals surface area (Å²) >= 11 is 5.99.